The lowest BCUT2D eigenvalue weighted by molar-refractivity contribution is -0.123. The number of hydrogen-bond donors (Lipinski definition) is 1. The molecular formula is C11H12F3NO2. The van der Waals surface area contributed by atoms with Gasteiger partial charge in [0.15, 0.2) is 0 Å². The molecule has 0 heterocycles. The summed E-state index contributed by atoms with van der Waals surface area (Å²) in [6.07, 6.45) is -4.43. The van der Waals surface area contributed by atoms with Crippen molar-refractivity contribution in [1.82, 2.24) is 5.32 Å². The number of halogens is 3. The van der Waals surface area contributed by atoms with Crippen LogP contribution in [0.1, 0.15) is 15.9 Å². The monoisotopic (exact) mass is 247 g/mol. The van der Waals surface area contributed by atoms with Gasteiger partial charge in [0.2, 0.25) is 0 Å². The Morgan fingerprint density at radius 2 is 2.06 bits per heavy atom. The van der Waals surface area contributed by atoms with E-state index >= 15 is 0 Å². The first-order chi connectivity index (χ1) is 7.85. The maximum Gasteiger partial charge on any atom is 0.405 e. The maximum absolute atomic E-state index is 12.0. The van der Waals surface area contributed by atoms with Gasteiger partial charge in [0.25, 0.3) is 5.91 Å². The fourth-order valence-corrected chi connectivity index (χ4v) is 1.37. The second-order valence-corrected chi connectivity index (χ2v) is 3.45. The van der Waals surface area contributed by atoms with Gasteiger partial charge < -0.3 is 10.1 Å². The van der Waals surface area contributed by atoms with E-state index in [0.717, 1.165) is 0 Å². The Morgan fingerprint density at radius 1 is 1.41 bits per heavy atom. The van der Waals surface area contributed by atoms with Crippen LogP contribution in [0, 0.1) is 6.92 Å². The number of methoxy groups -OCH3 is 1. The molecule has 0 radical (unpaired) electrons. The second kappa shape index (κ2) is 5.07. The molecule has 17 heavy (non-hydrogen) atoms. The van der Waals surface area contributed by atoms with Gasteiger partial charge in [-0.1, -0.05) is 12.1 Å². The molecule has 1 amide bonds. The fourth-order valence-electron chi connectivity index (χ4n) is 1.37. The molecule has 6 heteroatoms. The summed E-state index contributed by atoms with van der Waals surface area (Å²) in [4.78, 5) is 11.6. The first kappa shape index (κ1) is 13.3. The highest BCUT2D eigenvalue weighted by molar-refractivity contribution is 5.98. The lowest BCUT2D eigenvalue weighted by atomic mass is 10.1. The molecule has 0 fully saturated rings. The molecule has 3 nitrogen and oxygen atoms in total. The van der Waals surface area contributed by atoms with Gasteiger partial charge in [0.1, 0.15) is 12.3 Å². The van der Waals surface area contributed by atoms with E-state index in [9.17, 15) is 18.0 Å². The lowest BCUT2D eigenvalue weighted by Gasteiger charge is -2.12. The van der Waals surface area contributed by atoms with E-state index in [1.165, 1.54) is 13.2 Å². The summed E-state index contributed by atoms with van der Waals surface area (Å²) in [6, 6.07) is 4.81. The normalized spacial score (nSPS) is 11.1. The summed E-state index contributed by atoms with van der Waals surface area (Å²) >= 11 is 0. The quantitative estimate of drug-likeness (QED) is 0.890. The number of alkyl halides is 3. The number of carbonyl (C=O) groups excluding carboxylic acids is 1. The van der Waals surface area contributed by atoms with Crippen molar-refractivity contribution in [3.05, 3.63) is 29.3 Å². The second-order valence-electron chi connectivity index (χ2n) is 3.45. The van der Waals surface area contributed by atoms with Gasteiger partial charge in [0, 0.05) is 0 Å². The number of rotatable bonds is 3. The van der Waals surface area contributed by atoms with Crippen molar-refractivity contribution in [3.63, 3.8) is 0 Å². The van der Waals surface area contributed by atoms with Crippen LogP contribution >= 0.6 is 0 Å². The van der Waals surface area contributed by atoms with Crippen molar-refractivity contribution in [2.24, 2.45) is 0 Å². The minimum atomic E-state index is -4.43. The van der Waals surface area contributed by atoms with Crippen molar-refractivity contribution in [3.8, 4) is 5.75 Å². The van der Waals surface area contributed by atoms with Crippen LogP contribution in [0.4, 0.5) is 13.2 Å². The Bertz CT molecular complexity index is 416. The molecule has 1 aromatic carbocycles. The van der Waals surface area contributed by atoms with Gasteiger partial charge in [-0.05, 0) is 18.6 Å². The number of ether oxygens (including phenoxy) is 1. The summed E-state index contributed by atoms with van der Waals surface area (Å²) in [7, 11) is 1.36. The molecule has 0 saturated carbocycles. The topological polar surface area (TPSA) is 38.3 Å². The van der Waals surface area contributed by atoms with Crippen molar-refractivity contribution in [2.45, 2.75) is 13.1 Å². The number of aryl methyl sites for hydroxylation is 1. The molecule has 1 rings (SSSR count). The Hall–Kier alpha value is -1.72. The van der Waals surface area contributed by atoms with E-state index in [1.807, 2.05) is 5.32 Å². The van der Waals surface area contributed by atoms with Crippen LogP contribution in [-0.2, 0) is 0 Å². The van der Waals surface area contributed by atoms with E-state index in [4.69, 9.17) is 4.74 Å². The number of nitrogens with one attached hydrogen (secondary N) is 1. The average molecular weight is 247 g/mol. The Balaban J connectivity index is 2.89. The highest BCUT2D eigenvalue weighted by atomic mass is 19.4. The molecule has 0 aliphatic carbocycles. The number of hydrogen-bond acceptors (Lipinski definition) is 2. The summed E-state index contributed by atoms with van der Waals surface area (Å²) in [5.41, 5.74) is 0.684. The van der Waals surface area contributed by atoms with Gasteiger partial charge >= 0.3 is 6.18 Å². The third kappa shape index (κ3) is 3.65. The Morgan fingerprint density at radius 3 is 2.59 bits per heavy atom. The van der Waals surface area contributed by atoms with Gasteiger partial charge in [-0.3, -0.25) is 4.79 Å². The van der Waals surface area contributed by atoms with Crippen molar-refractivity contribution < 1.29 is 22.7 Å². The number of carbonyl (C=O) groups is 1. The molecule has 0 atom stereocenters. The van der Waals surface area contributed by atoms with E-state index in [1.54, 1.807) is 19.1 Å². The van der Waals surface area contributed by atoms with E-state index in [0.29, 0.717) is 5.56 Å². The molecule has 0 bridgehead atoms. The zero-order chi connectivity index (χ0) is 13.1. The molecule has 0 aliphatic heterocycles. The minimum Gasteiger partial charge on any atom is -0.496 e. The predicted molar refractivity (Wildman–Crippen MR) is 56.1 cm³/mol. The van der Waals surface area contributed by atoms with Crippen LogP contribution in [0.5, 0.6) is 5.75 Å². The van der Waals surface area contributed by atoms with Crippen LogP contribution in [0.25, 0.3) is 0 Å². The van der Waals surface area contributed by atoms with Crippen LogP contribution < -0.4 is 10.1 Å². The van der Waals surface area contributed by atoms with Crippen LogP contribution in [0.15, 0.2) is 18.2 Å². The molecule has 0 saturated heterocycles. The molecule has 94 valence electrons. The first-order valence-corrected chi connectivity index (χ1v) is 4.83. The zero-order valence-corrected chi connectivity index (χ0v) is 9.39. The number of amides is 1. The highest BCUT2D eigenvalue weighted by Crippen LogP contribution is 2.22. The average Bonchev–Trinajstić information content (AvgIpc) is 2.24. The SMILES string of the molecule is COc1cccc(C)c1C(=O)NCC(F)(F)F. The lowest BCUT2D eigenvalue weighted by Crippen LogP contribution is -2.34. The molecular weight excluding hydrogens is 235 g/mol. The van der Waals surface area contributed by atoms with Gasteiger partial charge in [-0.15, -0.1) is 0 Å². The molecule has 0 spiro atoms. The molecule has 0 aliphatic rings. The third-order valence-electron chi connectivity index (χ3n) is 2.13. The van der Waals surface area contributed by atoms with Crippen molar-refractivity contribution in [1.29, 1.82) is 0 Å². The van der Waals surface area contributed by atoms with Crippen LogP contribution in [0.3, 0.4) is 0 Å². The summed E-state index contributed by atoms with van der Waals surface area (Å²) in [5, 5.41) is 1.81. The predicted octanol–water partition coefficient (Wildman–Crippen LogP) is 2.30. The minimum absolute atomic E-state index is 0.124. The zero-order valence-electron chi connectivity index (χ0n) is 9.39. The molecule has 0 unspecified atom stereocenters. The van der Waals surface area contributed by atoms with Gasteiger partial charge in [-0.25, -0.2) is 0 Å². The van der Waals surface area contributed by atoms with Crippen LogP contribution in [0.2, 0.25) is 0 Å². The summed E-state index contributed by atoms with van der Waals surface area (Å²) in [6.45, 7) is 0.272. The Kier molecular flexibility index (Phi) is 3.98. The van der Waals surface area contributed by atoms with E-state index in [2.05, 4.69) is 0 Å². The standard InChI is InChI=1S/C11H12F3NO2/c1-7-4-3-5-8(17-2)9(7)10(16)15-6-11(12,13)14/h3-5H,6H2,1-2H3,(H,15,16). The van der Waals surface area contributed by atoms with E-state index in [-0.39, 0.29) is 11.3 Å². The smallest absolute Gasteiger partial charge is 0.405 e. The fraction of sp³-hybridized carbons (Fsp3) is 0.364. The molecule has 0 aromatic heterocycles. The molecule has 1 N–H and O–H groups in total. The molecule has 1 aromatic rings. The van der Waals surface area contributed by atoms with E-state index < -0.39 is 18.6 Å². The third-order valence-corrected chi connectivity index (χ3v) is 2.13. The first-order valence-electron chi connectivity index (χ1n) is 4.83. The highest BCUT2D eigenvalue weighted by Gasteiger charge is 2.28. The van der Waals surface area contributed by atoms with Gasteiger partial charge in [-0.2, -0.15) is 13.2 Å². The summed E-state index contributed by atoms with van der Waals surface area (Å²) < 4.78 is 40.8. The van der Waals surface area contributed by atoms with Crippen molar-refractivity contribution >= 4 is 5.91 Å². The maximum atomic E-state index is 12.0. The largest absolute Gasteiger partial charge is 0.496 e. The Labute approximate surface area is 96.6 Å². The number of benzene rings is 1. The summed E-state index contributed by atoms with van der Waals surface area (Å²) in [5.74, 6) is -0.540. The van der Waals surface area contributed by atoms with Gasteiger partial charge in [0.05, 0.1) is 12.7 Å². The van der Waals surface area contributed by atoms with Crippen molar-refractivity contribution in [2.75, 3.05) is 13.7 Å². The van der Waals surface area contributed by atoms with Crippen LogP contribution in [-0.4, -0.2) is 25.7 Å².